The number of ether oxygens (including phenoxy) is 2. The second-order valence-corrected chi connectivity index (χ2v) is 12.1. The lowest BCUT2D eigenvalue weighted by Crippen LogP contribution is -2.36. The van der Waals surface area contributed by atoms with Crippen molar-refractivity contribution in [2.24, 2.45) is 0 Å². The molecule has 0 radical (unpaired) electrons. The van der Waals surface area contributed by atoms with Gasteiger partial charge in [0.15, 0.2) is 0 Å². The van der Waals surface area contributed by atoms with E-state index in [0.29, 0.717) is 6.61 Å². The van der Waals surface area contributed by atoms with Crippen molar-refractivity contribution >= 4 is 0 Å². The molecule has 0 saturated heterocycles. The molecule has 3 heteroatoms. The summed E-state index contributed by atoms with van der Waals surface area (Å²) in [6, 6.07) is 30.9. The summed E-state index contributed by atoms with van der Waals surface area (Å²) >= 11 is 0. The van der Waals surface area contributed by atoms with Crippen LogP contribution in [-0.4, -0.2) is 31.0 Å². The highest BCUT2D eigenvalue weighted by atomic mass is 16.5. The van der Waals surface area contributed by atoms with E-state index in [1.165, 1.54) is 96.3 Å². The standard InChI is InChI=1S/C40H58O3/c1-2-3-4-5-6-7-8-9-10-11-12-13-14-15-16-26-33-42-34-39(41)35-43-40(36-27-20-17-21-28-36,37-29-22-18-23-30-37)38-31-24-19-25-32-38/h17-25,27-32,39,41H,2-16,26,33-35H2,1H3. The van der Waals surface area contributed by atoms with Gasteiger partial charge in [-0.15, -0.1) is 0 Å². The third-order valence-electron chi connectivity index (χ3n) is 8.49. The molecule has 0 aliphatic rings. The lowest BCUT2D eigenvalue weighted by molar-refractivity contribution is -0.0641. The first-order valence-corrected chi connectivity index (χ1v) is 17.3. The van der Waals surface area contributed by atoms with Gasteiger partial charge in [0, 0.05) is 6.61 Å². The van der Waals surface area contributed by atoms with Gasteiger partial charge in [0.05, 0.1) is 13.2 Å². The van der Waals surface area contributed by atoms with Crippen LogP contribution >= 0.6 is 0 Å². The number of rotatable bonds is 25. The molecule has 1 atom stereocenters. The van der Waals surface area contributed by atoms with Gasteiger partial charge in [-0.1, -0.05) is 194 Å². The van der Waals surface area contributed by atoms with Gasteiger partial charge in [0.2, 0.25) is 0 Å². The summed E-state index contributed by atoms with van der Waals surface area (Å²) in [5.74, 6) is 0. The first kappa shape index (κ1) is 35.0. The molecule has 0 spiro atoms. The van der Waals surface area contributed by atoms with Crippen molar-refractivity contribution in [3.05, 3.63) is 108 Å². The molecule has 3 rings (SSSR count). The van der Waals surface area contributed by atoms with E-state index < -0.39 is 11.7 Å². The molecule has 3 aromatic carbocycles. The number of aliphatic hydroxyl groups is 1. The Morgan fingerprint density at radius 1 is 0.488 bits per heavy atom. The van der Waals surface area contributed by atoms with E-state index in [1.807, 2.05) is 54.6 Å². The monoisotopic (exact) mass is 586 g/mol. The van der Waals surface area contributed by atoms with Gasteiger partial charge in [-0.3, -0.25) is 0 Å². The van der Waals surface area contributed by atoms with Crippen LogP contribution in [0.4, 0.5) is 0 Å². The summed E-state index contributed by atoms with van der Waals surface area (Å²) in [6.07, 6.45) is 21.1. The molecule has 0 bridgehead atoms. The Kier molecular flexibility index (Phi) is 18.0. The van der Waals surface area contributed by atoms with Crippen molar-refractivity contribution < 1.29 is 14.6 Å². The fourth-order valence-electron chi connectivity index (χ4n) is 6.01. The van der Waals surface area contributed by atoms with E-state index in [-0.39, 0.29) is 13.2 Å². The average Bonchev–Trinajstić information content (AvgIpc) is 3.06. The van der Waals surface area contributed by atoms with Crippen LogP contribution in [0.2, 0.25) is 0 Å². The fraction of sp³-hybridized carbons (Fsp3) is 0.550. The number of aliphatic hydroxyl groups excluding tert-OH is 1. The van der Waals surface area contributed by atoms with Crippen molar-refractivity contribution in [3.63, 3.8) is 0 Å². The minimum atomic E-state index is -0.821. The van der Waals surface area contributed by atoms with Crippen molar-refractivity contribution in [2.75, 3.05) is 19.8 Å². The Morgan fingerprint density at radius 2 is 0.837 bits per heavy atom. The predicted molar refractivity (Wildman–Crippen MR) is 182 cm³/mol. The van der Waals surface area contributed by atoms with Crippen LogP contribution in [0.15, 0.2) is 91.0 Å². The van der Waals surface area contributed by atoms with Gasteiger partial charge < -0.3 is 14.6 Å². The number of unbranched alkanes of at least 4 members (excludes halogenated alkanes) is 15. The quantitative estimate of drug-likeness (QED) is 0.0793. The summed E-state index contributed by atoms with van der Waals surface area (Å²) in [7, 11) is 0. The zero-order valence-corrected chi connectivity index (χ0v) is 26.9. The maximum absolute atomic E-state index is 10.8. The van der Waals surface area contributed by atoms with Gasteiger partial charge in [-0.2, -0.15) is 0 Å². The molecule has 43 heavy (non-hydrogen) atoms. The molecule has 1 N–H and O–H groups in total. The normalized spacial score (nSPS) is 12.4. The Balaban J connectivity index is 1.30. The largest absolute Gasteiger partial charge is 0.388 e. The van der Waals surface area contributed by atoms with E-state index in [1.54, 1.807) is 0 Å². The molecule has 0 aliphatic heterocycles. The van der Waals surface area contributed by atoms with Gasteiger partial charge in [-0.05, 0) is 23.1 Å². The predicted octanol–water partition coefficient (Wildman–Crippen LogP) is 10.6. The van der Waals surface area contributed by atoms with E-state index in [9.17, 15) is 5.11 Å². The second kappa shape index (κ2) is 22.1. The summed E-state index contributed by atoms with van der Waals surface area (Å²) < 4.78 is 12.6. The van der Waals surface area contributed by atoms with Gasteiger partial charge in [0.1, 0.15) is 11.7 Å². The molecule has 0 heterocycles. The summed E-state index contributed by atoms with van der Waals surface area (Å²) in [5, 5.41) is 10.8. The SMILES string of the molecule is CCCCCCCCCCCCCCCCCCOCC(O)COC(c1ccccc1)(c1ccccc1)c1ccccc1. The topological polar surface area (TPSA) is 38.7 Å². The van der Waals surface area contributed by atoms with Crippen molar-refractivity contribution in [1.82, 2.24) is 0 Å². The molecule has 0 saturated carbocycles. The smallest absolute Gasteiger partial charge is 0.143 e. The summed E-state index contributed by atoms with van der Waals surface area (Å²) in [6.45, 7) is 3.44. The van der Waals surface area contributed by atoms with Crippen LogP contribution in [0.5, 0.6) is 0 Å². The number of hydrogen-bond donors (Lipinski definition) is 1. The first-order valence-electron chi connectivity index (χ1n) is 17.3. The maximum Gasteiger partial charge on any atom is 0.143 e. The van der Waals surface area contributed by atoms with Crippen LogP contribution in [0.25, 0.3) is 0 Å². The third-order valence-corrected chi connectivity index (χ3v) is 8.49. The molecule has 3 aromatic rings. The molecule has 236 valence electrons. The Labute approximate surface area is 263 Å². The Hall–Kier alpha value is -2.46. The van der Waals surface area contributed by atoms with Crippen LogP contribution in [-0.2, 0) is 15.1 Å². The molecule has 0 amide bonds. The molecular weight excluding hydrogens is 528 g/mol. The molecule has 0 aliphatic carbocycles. The molecule has 1 unspecified atom stereocenters. The molecule has 0 fully saturated rings. The van der Waals surface area contributed by atoms with Crippen LogP contribution in [0.3, 0.4) is 0 Å². The maximum atomic E-state index is 10.8. The highest BCUT2D eigenvalue weighted by molar-refractivity contribution is 5.47. The van der Waals surface area contributed by atoms with Crippen LogP contribution in [0, 0.1) is 0 Å². The highest BCUT2D eigenvalue weighted by Crippen LogP contribution is 2.40. The molecular formula is C40H58O3. The van der Waals surface area contributed by atoms with Gasteiger partial charge in [0.25, 0.3) is 0 Å². The lowest BCUT2D eigenvalue weighted by Gasteiger charge is -2.36. The van der Waals surface area contributed by atoms with E-state index in [0.717, 1.165) is 23.1 Å². The van der Waals surface area contributed by atoms with Crippen molar-refractivity contribution in [3.8, 4) is 0 Å². The van der Waals surface area contributed by atoms with E-state index in [4.69, 9.17) is 9.47 Å². The number of hydrogen-bond acceptors (Lipinski definition) is 3. The zero-order chi connectivity index (χ0) is 30.3. The minimum Gasteiger partial charge on any atom is -0.388 e. The van der Waals surface area contributed by atoms with Crippen molar-refractivity contribution in [1.29, 1.82) is 0 Å². The van der Waals surface area contributed by atoms with E-state index >= 15 is 0 Å². The minimum absolute atomic E-state index is 0.178. The third kappa shape index (κ3) is 13.0. The van der Waals surface area contributed by atoms with Crippen molar-refractivity contribution in [2.45, 2.75) is 121 Å². The zero-order valence-electron chi connectivity index (χ0n) is 26.9. The summed E-state index contributed by atoms with van der Waals surface area (Å²) in [5.41, 5.74) is 2.29. The van der Waals surface area contributed by atoms with Gasteiger partial charge in [-0.25, -0.2) is 0 Å². The fourth-order valence-corrected chi connectivity index (χ4v) is 6.01. The van der Waals surface area contributed by atoms with Crippen LogP contribution < -0.4 is 0 Å². The Bertz CT molecular complexity index is 940. The molecule has 0 aromatic heterocycles. The first-order chi connectivity index (χ1) is 21.3. The second-order valence-electron chi connectivity index (χ2n) is 12.1. The summed E-state index contributed by atoms with van der Waals surface area (Å²) in [4.78, 5) is 0. The average molecular weight is 587 g/mol. The molecule has 3 nitrogen and oxygen atoms in total. The van der Waals surface area contributed by atoms with Crippen LogP contribution in [0.1, 0.15) is 126 Å². The van der Waals surface area contributed by atoms with Gasteiger partial charge >= 0.3 is 0 Å². The van der Waals surface area contributed by atoms with E-state index in [2.05, 4.69) is 43.3 Å². The Morgan fingerprint density at radius 3 is 1.21 bits per heavy atom. The highest BCUT2D eigenvalue weighted by Gasteiger charge is 2.38. The number of benzene rings is 3. The lowest BCUT2D eigenvalue weighted by atomic mass is 9.80.